The molecule has 0 atom stereocenters. The molecule has 0 bridgehead atoms. The van der Waals surface area contributed by atoms with Crippen LogP contribution in [0.15, 0.2) is 18.2 Å². The summed E-state index contributed by atoms with van der Waals surface area (Å²) in [4.78, 5) is 11.8. The average molecular weight is 272 g/mol. The normalized spacial score (nSPS) is 11.1. The molecule has 0 aliphatic carbocycles. The molecule has 6 heteroatoms. The van der Waals surface area contributed by atoms with Gasteiger partial charge in [-0.2, -0.15) is 0 Å². The second-order valence-electron chi connectivity index (χ2n) is 4.41. The molecule has 0 aromatic heterocycles. The van der Waals surface area contributed by atoms with E-state index in [4.69, 9.17) is 18.0 Å². The summed E-state index contributed by atoms with van der Waals surface area (Å²) in [6, 6.07) is 3.44. The standard InChI is InChI=1S/C12H14F2N2OS/c1-12(2,11(15)18)16-10(17)6-7-8(13)4-3-5-9(7)14/h3-5H,6H2,1-2H3,(H2,15,18)(H,16,17). The number of halogens is 2. The predicted octanol–water partition coefficient (Wildman–Crippen LogP) is 1.69. The highest BCUT2D eigenvalue weighted by atomic mass is 32.1. The third-order valence-corrected chi connectivity index (χ3v) is 2.98. The molecule has 3 N–H and O–H groups in total. The smallest absolute Gasteiger partial charge is 0.225 e. The van der Waals surface area contributed by atoms with Crippen LogP contribution in [0.1, 0.15) is 19.4 Å². The Bertz CT molecular complexity index is 469. The van der Waals surface area contributed by atoms with Gasteiger partial charge >= 0.3 is 0 Å². The highest BCUT2D eigenvalue weighted by molar-refractivity contribution is 7.80. The van der Waals surface area contributed by atoms with Crippen molar-refractivity contribution in [1.29, 1.82) is 0 Å². The molecule has 1 aromatic rings. The van der Waals surface area contributed by atoms with E-state index in [0.717, 1.165) is 12.1 Å². The molecule has 0 heterocycles. The van der Waals surface area contributed by atoms with E-state index in [-0.39, 0.29) is 10.6 Å². The minimum absolute atomic E-state index is 0.102. The Kier molecular flexibility index (Phi) is 4.34. The fraction of sp³-hybridized carbons (Fsp3) is 0.333. The molecule has 18 heavy (non-hydrogen) atoms. The van der Waals surface area contributed by atoms with Crippen molar-refractivity contribution in [1.82, 2.24) is 5.32 Å². The first-order chi connectivity index (χ1) is 8.24. The third kappa shape index (κ3) is 3.46. The lowest BCUT2D eigenvalue weighted by Gasteiger charge is -2.24. The van der Waals surface area contributed by atoms with E-state index >= 15 is 0 Å². The van der Waals surface area contributed by atoms with Crippen LogP contribution in [0.3, 0.4) is 0 Å². The number of nitrogens with two attached hydrogens (primary N) is 1. The maximum absolute atomic E-state index is 13.3. The fourth-order valence-electron chi connectivity index (χ4n) is 1.32. The quantitative estimate of drug-likeness (QED) is 0.820. The molecule has 0 fully saturated rings. The Balaban J connectivity index is 2.80. The van der Waals surface area contributed by atoms with Crippen molar-refractivity contribution in [3.8, 4) is 0 Å². The van der Waals surface area contributed by atoms with Crippen molar-refractivity contribution >= 4 is 23.1 Å². The number of carbonyl (C=O) groups excluding carboxylic acids is 1. The maximum Gasteiger partial charge on any atom is 0.225 e. The first-order valence-electron chi connectivity index (χ1n) is 5.28. The zero-order chi connectivity index (χ0) is 13.9. The van der Waals surface area contributed by atoms with Crippen LogP contribution in [0.25, 0.3) is 0 Å². The predicted molar refractivity (Wildman–Crippen MR) is 69.1 cm³/mol. The molecule has 0 radical (unpaired) electrons. The van der Waals surface area contributed by atoms with E-state index in [0.29, 0.717) is 0 Å². The molecule has 0 spiro atoms. The molecule has 3 nitrogen and oxygen atoms in total. The molecule has 1 rings (SSSR count). The number of carbonyl (C=O) groups is 1. The number of amides is 1. The number of nitrogens with one attached hydrogen (secondary N) is 1. The van der Waals surface area contributed by atoms with Crippen LogP contribution < -0.4 is 11.1 Å². The number of hydrogen-bond donors (Lipinski definition) is 2. The summed E-state index contributed by atoms with van der Waals surface area (Å²) in [5, 5.41) is 2.52. The Hall–Kier alpha value is -1.56. The number of thiocarbonyl (C=S) groups is 1. The topological polar surface area (TPSA) is 55.1 Å². The average Bonchev–Trinajstić information content (AvgIpc) is 2.22. The van der Waals surface area contributed by atoms with Crippen molar-refractivity contribution in [3.63, 3.8) is 0 Å². The van der Waals surface area contributed by atoms with Gasteiger partial charge in [0.05, 0.1) is 16.9 Å². The van der Waals surface area contributed by atoms with E-state index in [9.17, 15) is 13.6 Å². The molecule has 0 saturated heterocycles. The van der Waals surface area contributed by atoms with Crippen LogP contribution in [0.2, 0.25) is 0 Å². The first kappa shape index (κ1) is 14.5. The molecule has 98 valence electrons. The van der Waals surface area contributed by atoms with Gasteiger partial charge in [0.15, 0.2) is 0 Å². The lowest BCUT2D eigenvalue weighted by molar-refractivity contribution is -0.121. The van der Waals surface area contributed by atoms with Crippen LogP contribution in [-0.2, 0) is 11.2 Å². The summed E-state index contributed by atoms with van der Waals surface area (Å²) < 4.78 is 26.7. The second kappa shape index (κ2) is 5.39. The summed E-state index contributed by atoms with van der Waals surface area (Å²) >= 11 is 4.78. The zero-order valence-corrected chi connectivity index (χ0v) is 10.9. The minimum Gasteiger partial charge on any atom is -0.391 e. The van der Waals surface area contributed by atoms with Crippen LogP contribution >= 0.6 is 12.2 Å². The Morgan fingerprint density at radius 2 is 1.89 bits per heavy atom. The van der Waals surface area contributed by atoms with Crippen molar-refractivity contribution < 1.29 is 13.6 Å². The third-order valence-electron chi connectivity index (χ3n) is 2.47. The summed E-state index contributed by atoms with van der Waals surface area (Å²) in [7, 11) is 0. The van der Waals surface area contributed by atoms with Gasteiger partial charge in [0.25, 0.3) is 0 Å². The SMILES string of the molecule is CC(C)(NC(=O)Cc1c(F)cccc1F)C(N)=S. The van der Waals surface area contributed by atoms with Gasteiger partial charge in [0.2, 0.25) is 5.91 Å². The largest absolute Gasteiger partial charge is 0.391 e. The van der Waals surface area contributed by atoms with Gasteiger partial charge in [0.1, 0.15) is 11.6 Å². The van der Waals surface area contributed by atoms with E-state index < -0.39 is 29.5 Å². The zero-order valence-electron chi connectivity index (χ0n) is 10.1. The van der Waals surface area contributed by atoms with Crippen molar-refractivity contribution in [2.24, 2.45) is 5.73 Å². The minimum atomic E-state index is -0.895. The van der Waals surface area contributed by atoms with Crippen LogP contribution in [0.5, 0.6) is 0 Å². The first-order valence-corrected chi connectivity index (χ1v) is 5.68. The van der Waals surface area contributed by atoms with Gasteiger partial charge in [0, 0.05) is 5.56 Å². The van der Waals surface area contributed by atoms with E-state index in [1.807, 2.05) is 0 Å². The van der Waals surface area contributed by atoms with Gasteiger partial charge in [-0.05, 0) is 26.0 Å². The van der Waals surface area contributed by atoms with E-state index in [2.05, 4.69) is 5.32 Å². The lowest BCUT2D eigenvalue weighted by atomic mass is 10.0. The molecule has 0 unspecified atom stereocenters. The van der Waals surface area contributed by atoms with Crippen molar-refractivity contribution in [2.45, 2.75) is 25.8 Å². The molecule has 0 aliphatic rings. The maximum atomic E-state index is 13.3. The van der Waals surface area contributed by atoms with Crippen molar-refractivity contribution in [3.05, 3.63) is 35.4 Å². The van der Waals surface area contributed by atoms with Gasteiger partial charge in [-0.3, -0.25) is 4.79 Å². The molecular formula is C12H14F2N2OS. The van der Waals surface area contributed by atoms with Crippen molar-refractivity contribution in [2.75, 3.05) is 0 Å². The summed E-state index contributed by atoms with van der Waals surface area (Å²) in [5.41, 5.74) is 4.28. The van der Waals surface area contributed by atoms with Gasteiger partial charge in [-0.25, -0.2) is 8.78 Å². The molecule has 1 amide bonds. The highest BCUT2D eigenvalue weighted by Crippen LogP contribution is 2.13. The van der Waals surface area contributed by atoms with Gasteiger partial charge < -0.3 is 11.1 Å². The molecule has 0 saturated carbocycles. The second-order valence-corrected chi connectivity index (χ2v) is 4.85. The lowest BCUT2D eigenvalue weighted by Crippen LogP contribution is -2.52. The number of rotatable bonds is 4. The summed E-state index contributed by atoms with van der Waals surface area (Å²) in [6.07, 6.45) is -0.398. The summed E-state index contributed by atoms with van der Waals surface area (Å²) in [5.74, 6) is -2.05. The fourth-order valence-corrected chi connectivity index (χ4v) is 1.37. The van der Waals surface area contributed by atoms with Crippen LogP contribution in [0.4, 0.5) is 8.78 Å². The van der Waals surface area contributed by atoms with Crippen LogP contribution in [-0.4, -0.2) is 16.4 Å². The summed E-state index contributed by atoms with van der Waals surface area (Å²) in [6.45, 7) is 3.23. The molecule has 1 aromatic carbocycles. The van der Waals surface area contributed by atoms with Gasteiger partial charge in [-0.1, -0.05) is 18.3 Å². The van der Waals surface area contributed by atoms with Crippen LogP contribution in [0, 0.1) is 11.6 Å². The molecule has 0 aliphatic heterocycles. The molecular weight excluding hydrogens is 258 g/mol. The highest BCUT2D eigenvalue weighted by Gasteiger charge is 2.24. The Morgan fingerprint density at radius 1 is 1.39 bits per heavy atom. The number of hydrogen-bond acceptors (Lipinski definition) is 2. The van der Waals surface area contributed by atoms with E-state index in [1.165, 1.54) is 6.07 Å². The number of benzene rings is 1. The van der Waals surface area contributed by atoms with Gasteiger partial charge in [-0.15, -0.1) is 0 Å². The Labute approximate surface area is 109 Å². The Morgan fingerprint density at radius 3 is 2.33 bits per heavy atom. The monoisotopic (exact) mass is 272 g/mol. The van der Waals surface area contributed by atoms with E-state index in [1.54, 1.807) is 13.8 Å².